The molecule has 1 aliphatic rings. The SMILES string of the molecule is CCN(CC)c1ccc(C=C2C(=O)NN(c3ccc(I)cc3)C2=O)cc1. The van der Waals surface area contributed by atoms with E-state index in [-0.39, 0.29) is 17.4 Å². The van der Waals surface area contributed by atoms with Crippen LogP contribution in [0.5, 0.6) is 0 Å². The van der Waals surface area contributed by atoms with Crippen molar-refractivity contribution in [1.82, 2.24) is 5.43 Å². The Morgan fingerprint density at radius 3 is 2.19 bits per heavy atom. The van der Waals surface area contributed by atoms with Gasteiger partial charge in [-0.15, -0.1) is 0 Å². The molecule has 0 spiro atoms. The number of nitrogens with one attached hydrogen (secondary N) is 1. The summed E-state index contributed by atoms with van der Waals surface area (Å²) in [5, 5.41) is 1.29. The van der Waals surface area contributed by atoms with Gasteiger partial charge in [-0.1, -0.05) is 12.1 Å². The summed E-state index contributed by atoms with van der Waals surface area (Å²) in [6.45, 7) is 6.09. The van der Waals surface area contributed by atoms with Crippen LogP contribution in [0.1, 0.15) is 19.4 Å². The summed E-state index contributed by atoms with van der Waals surface area (Å²) >= 11 is 2.20. The summed E-state index contributed by atoms with van der Waals surface area (Å²) < 4.78 is 1.06. The Morgan fingerprint density at radius 1 is 1.00 bits per heavy atom. The highest BCUT2D eigenvalue weighted by atomic mass is 127. The summed E-state index contributed by atoms with van der Waals surface area (Å²) in [5.74, 6) is -0.731. The zero-order valence-corrected chi connectivity index (χ0v) is 16.9. The predicted octanol–water partition coefficient (Wildman–Crippen LogP) is 3.60. The minimum Gasteiger partial charge on any atom is -0.372 e. The third-order valence-corrected chi connectivity index (χ3v) is 5.03. The minimum absolute atomic E-state index is 0.138. The normalized spacial score (nSPS) is 15.5. The molecule has 0 aliphatic carbocycles. The second-order valence-electron chi connectivity index (χ2n) is 5.88. The molecule has 26 heavy (non-hydrogen) atoms. The molecule has 0 bridgehead atoms. The highest BCUT2D eigenvalue weighted by molar-refractivity contribution is 14.1. The number of benzene rings is 2. The number of carbonyl (C=O) groups excluding carboxylic acids is 2. The molecular formula is C20H20IN3O2. The zero-order valence-electron chi connectivity index (χ0n) is 14.7. The fourth-order valence-corrected chi connectivity index (χ4v) is 3.23. The first-order valence-corrected chi connectivity index (χ1v) is 9.59. The van der Waals surface area contributed by atoms with Gasteiger partial charge >= 0.3 is 0 Å². The number of hydrogen-bond donors (Lipinski definition) is 1. The number of hydrogen-bond acceptors (Lipinski definition) is 3. The predicted molar refractivity (Wildman–Crippen MR) is 113 cm³/mol. The maximum absolute atomic E-state index is 12.6. The molecule has 1 saturated heterocycles. The van der Waals surface area contributed by atoms with Crippen LogP contribution in [0.25, 0.3) is 6.08 Å². The van der Waals surface area contributed by atoms with Crippen LogP contribution in [0.4, 0.5) is 11.4 Å². The molecule has 2 aromatic rings. The van der Waals surface area contributed by atoms with Crippen molar-refractivity contribution >= 4 is 51.9 Å². The number of anilines is 2. The maximum Gasteiger partial charge on any atom is 0.282 e. The number of carbonyl (C=O) groups is 2. The molecule has 6 heteroatoms. The Morgan fingerprint density at radius 2 is 1.62 bits per heavy atom. The van der Waals surface area contributed by atoms with E-state index in [1.165, 1.54) is 5.01 Å². The molecule has 0 unspecified atom stereocenters. The Balaban J connectivity index is 1.83. The molecule has 1 aliphatic heterocycles. The second kappa shape index (κ2) is 7.90. The van der Waals surface area contributed by atoms with Crippen LogP contribution in [0.15, 0.2) is 54.1 Å². The number of halogens is 1. The summed E-state index contributed by atoms with van der Waals surface area (Å²) in [4.78, 5) is 27.1. The molecular weight excluding hydrogens is 441 g/mol. The fraction of sp³-hybridized carbons (Fsp3) is 0.200. The number of amides is 2. The van der Waals surface area contributed by atoms with Gasteiger partial charge in [0, 0.05) is 22.3 Å². The molecule has 2 aromatic carbocycles. The maximum atomic E-state index is 12.6. The molecule has 2 amide bonds. The summed E-state index contributed by atoms with van der Waals surface area (Å²) in [7, 11) is 0. The fourth-order valence-electron chi connectivity index (χ4n) is 2.87. The van der Waals surface area contributed by atoms with Gasteiger partial charge in [0.2, 0.25) is 0 Å². The molecule has 134 valence electrons. The number of rotatable bonds is 5. The average Bonchev–Trinajstić information content (AvgIpc) is 2.93. The third kappa shape index (κ3) is 3.75. The van der Waals surface area contributed by atoms with Crippen LogP contribution in [0.3, 0.4) is 0 Å². The van der Waals surface area contributed by atoms with E-state index in [9.17, 15) is 9.59 Å². The van der Waals surface area contributed by atoms with Gasteiger partial charge in [-0.2, -0.15) is 0 Å². The Kier molecular flexibility index (Phi) is 5.61. The minimum atomic E-state index is -0.388. The van der Waals surface area contributed by atoms with Crippen LogP contribution < -0.4 is 15.3 Å². The summed E-state index contributed by atoms with van der Waals surface area (Å²) in [6.07, 6.45) is 1.64. The van der Waals surface area contributed by atoms with E-state index in [2.05, 4.69) is 46.8 Å². The van der Waals surface area contributed by atoms with E-state index < -0.39 is 0 Å². The summed E-state index contributed by atoms with van der Waals surface area (Å²) in [5.41, 5.74) is 5.35. The first-order valence-electron chi connectivity index (χ1n) is 8.51. The molecule has 3 rings (SSSR count). The molecule has 0 saturated carbocycles. The molecule has 1 fully saturated rings. The van der Waals surface area contributed by atoms with Gasteiger partial charge in [0.15, 0.2) is 0 Å². The first-order chi connectivity index (χ1) is 12.5. The second-order valence-corrected chi connectivity index (χ2v) is 7.13. The molecule has 0 aromatic heterocycles. The molecule has 5 nitrogen and oxygen atoms in total. The highest BCUT2D eigenvalue weighted by Crippen LogP contribution is 2.23. The van der Waals surface area contributed by atoms with E-state index in [4.69, 9.17) is 0 Å². The molecule has 0 radical (unpaired) electrons. The lowest BCUT2D eigenvalue weighted by molar-refractivity contribution is -0.117. The van der Waals surface area contributed by atoms with E-state index in [1.54, 1.807) is 6.08 Å². The van der Waals surface area contributed by atoms with Crippen molar-refractivity contribution in [1.29, 1.82) is 0 Å². The quantitative estimate of drug-likeness (QED) is 0.421. The van der Waals surface area contributed by atoms with Gasteiger partial charge in [-0.3, -0.25) is 15.0 Å². The van der Waals surface area contributed by atoms with Crippen LogP contribution in [0.2, 0.25) is 0 Å². The van der Waals surface area contributed by atoms with E-state index in [0.717, 1.165) is 27.9 Å². The lowest BCUT2D eigenvalue weighted by atomic mass is 10.1. The highest BCUT2D eigenvalue weighted by Gasteiger charge is 2.34. The third-order valence-electron chi connectivity index (χ3n) is 4.31. The van der Waals surface area contributed by atoms with Gasteiger partial charge in [-0.05, 0) is 84.5 Å². The van der Waals surface area contributed by atoms with Crippen molar-refractivity contribution < 1.29 is 9.59 Å². The molecule has 1 heterocycles. The van der Waals surface area contributed by atoms with E-state index in [0.29, 0.717) is 5.69 Å². The topological polar surface area (TPSA) is 52.7 Å². The Bertz CT molecular complexity index is 840. The van der Waals surface area contributed by atoms with Crippen molar-refractivity contribution in [3.8, 4) is 0 Å². The first kappa shape index (κ1) is 18.4. The van der Waals surface area contributed by atoms with Crippen LogP contribution in [-0.4, -0.2) is 24.9 Å². The van der Waals surface area contributed by atoms with Crippen molar-refractivity contribution in [3.05, 3.63) is 63.2 Å². The number of hydrazine groups is 1. The van der Waals surface area contributed by atoms with Gasteiger partial charge in [0.05, 0.1) is 5.69 Å². The smallest absolute Gasteiger partial charge is 0.282 e. The van der Waals surface area contributed by atoms with Gasteiger partial charge < -0.3 is 4.90 Å². The Hall–Kier alpha value is -2.35. The monoisotopic (exact) mass is 461 g/mol. The van der Waals surface area contributed by atoms with Crippen molar-refractivity contribution in [3.63, 3.8) is 0 Å². The Labute approximate surface area is 166 Å². The number of nitrogens with zero attached hydrogens (tertiary/aromatic N) is 2. The van der Waals surface area contributed by atoms with E-state index in [1.807, 2.05) is 48.5 Å². The molecule has 1 N–H and O–H groups in total. The largest absolute Gasteiger partial charge is 0.372 e. The van der Waals surface area contributed by atoms with Crippen LogP contribution >= 0.6 is 22.6 Å². The van der Waals surface area contributed by atoms with Crippen molar-refractivity contribution in [2.75, 3.05) is 23.0 Å². The lowest BCUT2D eigenvalue weighted by Gasteiger charge is -2.20. The standard InChI is InChI=1S/C20H20IN3O2/c1-3-23(4-2)16-9-5-14(6-10-16)13-18-19(25)22-24(20(18)26)17-11-7-15(21)8-12-17/h5-13H,3-4H2,1-2H3,(H,22,25). The zero-order chi connectivity index (χ0) is 18.7. The van der Waals surface area contributed by atoms with Gasteiger partial charge in [-0.25, -0.2) is 5.01 Å². The van der Waals surface area contributed by atoms with Gasteiger partial charge in [0.1, 0.15) is 5.57 Å². The van der Waals surface area contributed by atoms with Crippen molar-refractivity contribution in [2.24, 2.45) is 0 Å². The van der Waals surface area contributed by atoms with Gasteiger partial charge in [0.25, 0.3) is 11.8 Å². The van der Waals surface area contributed by atoms with Crippen molar-refractivity contribution in [2.45, 2.75) is 13.8 Å². The average molecular weight is 461 g/mol. The lowest BCUT2D eigenvalue weighted by Crippen LogP contribution is -2.35. The van der Waals surface area contributed by atoms with E-state index >= 15 is 0 Å². The molecule has 0 atom stereocenters. The van der Waals surface area contributed by atoms with Crippen LogP contribution in [-0.2, 0) is 9.59 Å². The summed E-state index contributed by atoms with van der Waals surface area (Å²) in [6, 6.07) is 15.3. The van der Waals surface area contributed by atoms with Crippen LogP contribution in [0, 0.1) is 3.57 Å².